The Morgan fingerprint density at radius 1 is 0.875 bits per heavy atom. The van der Waals surface area contributed by atoms with Crippen molar-refractivity contribution in [3.63, 3.8) is 0 Å². The number of anilines is 2. The molecule has 1 heterocycles. The number of rotatable bonds is 6. The van der Waals surface area contributed by atoms with Crippen LogP contribution in [-0.2, 0) is 4.79 Å². The summed E-state index contributed by atoms with van der Waals surface area (Å²) in [5.74, 6) is 0.518. The molecule has 0 atom stereocenters. The van der Waals surface area contributed by atoms with Crippen molar-refractivity contribution < 1.29 is 14.3 Å². The van der Waals surface area contributed by atoms with Crippen molar-refractivity contribution in [3.8, 4) is 5.75 Å². The first kappa shape index (κ1) is 21.4. The lowest BCUT2D eigenvalue weighted by molar-refractivity contribution is -0.118. The van der Waals surface area contributed by atoms with E-state index in [1.165, 1.54) is 0 Å². The molecule has 3 aromatic rings. The normalized spacial score (nSPS) is 13.5. The zero-order valence-electron chi connectivity index (χ0n) is 18.2. The fourth-order valence-corrected chi connectivity index (χ4v) is 3.81. The maximum absolute atomic E-state index is 12.7. The third-order valence-electron chi connectivity index (χ3n) is 5.47. The number of nitrogens with zero attached hydrogens (tertiary/aromatic N) is 2. The summed E-state index contributed by atoms with van der Waals surface area (Å²) in [4.78, 5) is 29.3. The Balaban J connectivity index is 1.35. The van der Waals surface area contributed by atoms with E-state index in [2.05, 4.69) is 10.2 Å². The second kappa shape index (κ2) is 10.0. The van der Waals surface area contributed by atoms with Crippen LogP contribution in [0.1, 0.15) is 15.9 Å². The molecule has 0 bridgehead atoms. The molecular weight excluding hydrogens is 402 g/mol. The topological polar surface area (TPSA) is 61.9 Å². The predicted molar refractivity (Wildman–Crippen MR) is 126 cm³/mol. The maximum atomic E-state index is 12.7. The van der Waals surface area contributed by atoms with Gasteiger partial charge in [-0.25, -0.2) is 0 Å². The number of carbonyl (C=O) groups is 2. The van der Waals surface area contributed by atoms with Crippen LogP contribution in [0, 0.1) is 6.92 Å². The monoisotopic (exact) mass is 429 g/mol. The Hall–Kier alpha value is -3.80. The largest absolute Gasteiger partial charge is 0.484 e. The molecule has 0 aliphatic carbocycles. The van der Waals surface area contributed by atoms with Gasteiger partial charge >= 0.3 is 0 Å². The minimum atomic E-state index is -0.211. The fourth-order valence-electron chi connectivity index (χ4n) is 3.81. The lowest BCUT2D eigenvalue weighted by Crippen LogP contribution is -2.49. The van der Waals surface area contributed by atoms with Crippen LogP contribution in [0.15, 0.2) is 78.9 Å². The van der Waals surface area contributed by atoms with E-state index >= 15 is 0 Å². The van der Waals surface area contributed by atoms with E-state index in [4.69, 9.17) is 4.74 Å². The summed E-state index contributed by atoms with van der Waals surface area (Å²) in [5.41, 5.74) is 3.48. The summed E-state index contributed by atoms with van der Waals surface area (Å²) < 4.78 is 5.62. The summed E-state index contributed by atoms with van der Waals surface area (Å²) in [6.45, 7) is 4.59. The lowest BCUT2D eigenvalue weighted by atomic mass is 10.1. The molecular formula is C26H27N3O3. The van der Waals surface area contributed by atoms with Crippen LogP contribution >= 0.6 is 0 Å². The Morgan fingerprint density at radius 2 is 1.59 bits per heavy atom. The van der Waals surface area contributed by atoms with Crippen molar-refractivity contribution in [1.29, 1.82) is 0 Å². The average Bonchev–Trinajstić information content (AvgIpc) is 2.83. The molecule has 164 valence electrons. The molecule has 1 fully saturated rings. The Kier molecular flexibility index (Phi) is 6.70. The first-order valence-electron chi connectivity index (χ1n) is 10.8. The highest BCUT2D eigenvalue weighted by molar-refractivity contribution is 5.96. The minimum Gasteiger partial charge on any atom is -0.484 e. The van der Waals surface area contributed by atoms with Crippen LogP contribution in [0.2, 0.25) is 0 Å². The zero-order valence-corrected chi connectivity index (χ0v) is 18.2. The number of para-hydroxylation sites is 2. The fraction of sp³-hybridized carbons (Fsp3) is 0.231. The van der Waals surface area contributed by atoms with Gasteiger partial charge in [0.2, 0.25) is 0 Å². The minimum absolute atomic E-state index is 0.0557. The van der Waals surface area contributed by atoms with E-state index in [-0.39, 0.29) is 18.4 Å². The number of piperazine rings is 1. The van der Waals surface area contributed by atoms with E-state index in [0.717, 1.165) is 16.9 Å². The molecule has 1 N–H and O–H groups in total. The van der Waals surface area contributed by atoms with Gasteiger partial charge in [-0.1, -0.05) is 42.5 Å². The third-order valence-corrected chi connectivity index (χ3v) is 5.47. The highest BCUT2D eigenvalue weighted by atomic mass is 16.5. The van der Waals surface area contributed by atoms with Gasteiger partial charge in [-0.3, -0.25) is 9.59 Å². The van der Waals surface area contributed by atoms with E-state index in [1.54, 1.807) is 0 Å². The van der Waals surface area contributed by atoms with Gasteiger partial charge in [-0.2, -0.15) is 0 Å². The van der Waals surface area contributed by atoms with Gasteiger partial charge in [0.05, 0.1) is 11.4 Å². The second-order valence-electron chi connectivity index (χ2n) is 7.82. The molecule has 1 saturated heterocycles. The van der Waals surface area contributed by atoms with Gasteiger partial charge in [-0.05, 0) is 48.9 Å². The second-order valence-corrected chi connectivity index (χ2v) is 7.82. The van der Waals surface area contributed by atoms with Crippen LogP contribution in [0.5, 0.6) is 5.75 Å². The maximum Gasteiger partial charge on any atom is 0.262 e. The van der Waals surface area contributed by atoms with Crippen LogP contribution in [0.4, 0.5) is 11.4 Å². The van der Waals surface area contributed by atoms with Crippen molar-refractivity contribution in [3.05, 3.63) is 90.0 Å². The Bertz CT molecular complexity index is 1080. The first-order chi connectivity index (χ1) is 15.6. The molecule has 3 aromatic carbocycles. The van der Waals surface area contributed by atoms with Crippen molar-refractivity contribution in [2.45, 2.75) is 6.92 Å². The quantitative estimate of drug-likeness (QED) is 0.644. The number of benzene rings is 3. The molecule has 6 nitrogen and oxygen atoms in total. The summed E-state index contributed by atoms with van der Waals surface area (Å²) in [5, 5.41) is 2.97. The lowest BCUT2D eigenvalue weighted by Gasteiger charge is -2.37. The number of hydrogen-bond donors (Lipinski definition) is 1. The van der Waals surface area contributed by atoms with Crippen LogP contribution < -0.4 is 15.0 Å². The highest BCUT2D eigenvalue weighted by Gasteiger charge is 2.23. The van der Waals surface area contributed by atoms with Gasteiger partial charge in [-0.15, -0.1) is 0 Å². The number of hydrogen-bond acceptors (Lipinski definition) is 4. The molecule has 0 radical (unpaired) electrons. The molecule has 4 rings (SSSR count). The van der Waals surface area contributed by atoms with Crippen molar-refractivity contribution in [1.82, 2.24) is 4.90 Å². The van der Waals surface area contributed by atoms with Crippen LogP contribution in [0.25, 0.3) is 0 Å². The number of amides is 2. The molecule has 1 aliphatic rings. The average molecular weight is 430 g/mol. The van der Waals surface area contributed by atoms with Gasteiger partial charge in [0.1, 0.15) is 5.75 Å². The standard InChI is InChI=1S/C26H27N3O3/c1-20-8-7-11-22(18-20)32-19-25(30)27-23-12-5-6-13-24(23)28-14-16-29(17-15-28)26(31)21-9-3-2-4-10-21/h2-13,18H,14-17,19H2,1H3,(H,27,30). The van der Waals surface area contributed by atoms with Crippen molar-refractivity contribution >= 4 is 23.2 Å². The van der Waals surface area contributed by atoms with Crippen molar-refractivity contribution in [2.24, 2.45) is 0 Å². The summed E-state index contributed by atoms with van der Waals surface area (Å²) >= 11 is 0. The molecule has 0 spiro atoms. The third kappa shape index (κ3) is 5.27. The Morgan fingerprint density at radius 3 is 2.34 bits per heavy atom. The van der Waals surface area contributed by atoms with Gasteiger partial charge in [0, 0.05) is 31.7 Å². The Labute approximate surface area is 188 Å². The molecule has 32 heavy (non-hydrogen) atoms. The molecule has 6 heteroatoms. The van der Waals surface area contributed by atoms with Crippen LogP contribution in [-0.4, -0.2) is 49.5 Å². The number of carbonyl (C=O) groups excluding carboxylic acids is 2. The number of ether oxygens (including phenoxy) is 1. The van der Waals surface area contributed by atoms with E-state index < -0.39 is 0 Å². The summed E-state index contributed by atoms with van der Waals surface area (Å²) in [6.07, 6.45) is 0. The van der Waals surface area contributed by atoms with Gasteiger partial charge < -0.3 is 19.9 Å². The van der Waals surface area contributed by atoms with E-state index in [9.17, 15) is 9.59 Å². The van der Waals surface area contributed by atoms with Crippen molar-refractivity contribution in [2.75, 3.05) is 43.0 Å². The smallest absolute Gasteiger partial charge is 0.262 e. The number of aryl methyl sites for hydroxylation is 1. The van der Waals surface area contributed by atoms with Crippen LogP contribution in [0.3, 0.4) is 0 Å². The van der Waals surface area contributed by atoms with E-state index in [1.807, 2.05) is 90.7 Å². The molecule has 0 saturated carbocycles. The SMILES string of the molecule is Cc1cccc(OCC(=O)Nc2ccccc2N2CCN(C(=O)c3ccccc3)CC2)c1. The molecule has 0 aromatic heterocycles. The first-order valence-corrected chi connectivity index (χ1v) is 10.8. The van der Waals surface area contributed by atoms with E-state index in [0.29, 0.717) is 37.5 Å². The molecule has 2 amide bonds. The molecule has 0 unspecified atom stereocenters. The zero-order chi connectivity index (χ0) is 22.3. The predicted octanol–water partition coefficient (Wildman–Crippen LogP) is 3.97. The van der Waals surface area contributed by atoms with Gasteiger partial charge in [0.15, 0.2) is 6.61 Å². The number of nitrogens with one attached hydrogen (secondary N) is 1. The van der Waals surface area contributed by atoms with Gasteiger partial charge in [0.25, 0.3) is 11.8 Å². The summed E-state index contributed by atoms with van der Waals surface area (Å²) in [6, 6.07) is 24.7. The molecule has 1 aliphatic heterocycles. The highest BCUT2D eigenvalue weighted by Crippen LogP contribution is 2.27. The summed E-state index contributed by atoms with van der Waals surface area (Å²) in [7, 11) is 0.